The van der Waals surface area contributed by atoms with Crippen LogP contribution in [0.5, 0.6) is 0 Å². The molecule has 0 aliphatic carbocycles. The number of nitrogens with zero attached hydrogens (tertiary/aromatic N) is 2. The zero-order chi connectivity index (χ0) is 9.10. The predicted molar refractivity (Wildman–Crippen MR) is 49.3 cm³/mol. The van der Waals surface area contributed by atoms with Crippen molar-refractivity contribution in [3.63, 3.8) is 0 Å². The van der Waals surface area contributed by atoms with E-state index < -0.39 is 0 Å². The molecule has 0 aromatic carbocycles. The monoisotopic (exact) mass is 181 g/mol. The van der Waals surface area contributed by atoms with Crippen molar-refractivity contribution < 1.29 is 4.74 Å². The van der Waals surface area contributed by atoms with Gasteiger partial charge in [0.05, 0.1) is 19.0 Å². The van der Waals surface area contributed by atoms with E-state index in [1.165, 1.54) is 5.69 Å². The average molecular weight is 181 g/mol. The highest BCUT2D eigenvalue weighted by molar-refractivity contribution is 4.94. The number of nitrogens with one attached hydrogen (secondary N) is 1. The number of hydrogen-bond donors (Lipinski definition) is 1. The van der Waals surface area contributed by atoms with E-state index in [1.54, 1.807) is 6.33 Å². The second-order valence-electron chi connectivity index (χ2n) is 3.49. The average Bonchev–Trinajstić information content (AvgIpc) is 2.57. The van der Waals surface area contributed by atoms with Gasteiger partial charge in [-0.3, -0.25) is 4.90 Å². The smallest absolute Gasteiger partial charge is 0.0922 e. The summed E-state index contributed by atoms with van der Waals surface area (Å²) in [7, 11) is 0. The van der Waals surface area contributed by atoms with Crippen LogP contribution in [0.25, 0.3) is 0 Å². The Bertz CT molecular complexity index is 247. The lowest BCUT2D eigenvalue weighted by Gasteiger charge is -2.30. The molecule has 72 valence electrons. The largest absolute Gasteiger partial charge is 0.376 e. The van der Waals surface area contributed by atoms with Gasteiger partial charge >= 0.3 is 0 Å². The number of imidazole rings is 1. The Balaban J connectivity index is 1.87. The van der Waals surface area contributed by atoms with Crippen molar-refractivity contribution in [2.75, 3.05) is 19.7 Å². The molecule has 4 nitrogen and oxygen atoms in total. The van der Waals surface area contributed by atoms with Crippen LogP contribution in [0.3, 0.4) is 0 Å². The highest BCUT2D eigenvalue weighted by Crippen LogP contribution is 2.07. The van der Waals surface area contributed by atoms with Crippen LogP contribution in [0.1, 0.15) is 12.6 Å². The maximum absolute atomic E-state index is 5.46. The number of rotatable bonds is 2. The summed E-state index contributed by atoms with van der Waals surface area (Å²) in [6.07, 6.45) is 3.95. The summed E-state index contributed by atoms with van der Waals surface area (Å²) in [5.41, 5.74) is 1.18. The molecule has 2 rings (SSSR count). The minimum atomic E-state index is 0.358. The summed E-state index contributed by atoms with van der Waals surface area (Å²) in [6, 6.07) is 0. The maximum Gasteiger partial charge on any atom is 0.0922 e. The van der Waals surface area contributed by atoms with Gasteiger partial charge in [0.1, 0.15) is 0 Å². The van der Waals surface area contributed by atoms with Gasteiger partial charge in [-0.25, -0.2) is 4.98 Å². The quantitative estimate of drug-likeness (QED) is 0.727. The normalized spacial score (nSPS) is 24.8. The van der Waals surface area contributed by atoms with E-state index in [-0.39, 0.29) is 0 Å². The van der Waals surface area contributed by atoms with E-state index in [4.69, 9.17) is 4.74 Å². The first-order chi connectivity index (χ1) is 6.34. The fourth-order valence-corrected chi connectivity index (χ4v) is 1.65. The number of aromatic amines is 1. The number of H-pyrrole nitrogens is 1. The fraction of sp³-hybridized carbons (Fsp3) is 0.667. The van der Waals surface area contributed by atoms with Gasteiger partial charge < -0.3 is 9.72 Å². The van der Waals surface area contributed by atoms with Crippen LogP contribution in [0.4, 0.5) is 0 Å². The minimum Gasteiger partial charge on any atom is -0.376 e. The van der Waals surface area contributed by atoms with Crippen molar-refractivity contribution >= 4 is 0 Å². The first kappa shape index (κ1) is 8.72. The molecule has 1 atom stereocenters. The molecule has 4 heteroatoms. The van der Waals surface area contributed by atoms with E-state index in [2.05, 4.69) is 21.8 Å². The minimum absolute atomic E-state index is 0.358. The van der Waals surface area contributed by atoms with E-state index in [9.17, 15) is 0 Å². The van der Waals surface area contributed by atoms with Gasteiger partial charge in [0.2, 0.25) is 0 Å². The third kappa shape index (κ3) is 2.29. The standard InChI is InChI=1S/C9H15N3O/c1-8-5-12(2-3-13-8)6-9-4-10-7-11-9/h4,7-8H,2-3,5-6H2,1H3,(H,10,11). The van der Waals surface area contributed by atoms with Crippen molar-refractivity contribution in [1.82, 2.24) is 14.9 Å². The second kappa shape index (κ2) is 3.89. The molecule has 1 N–H and O–H groups in total. The third-order valence-corrected chi connectivity index (χ3v) is 2.27. The molecule has 1 fully saturated rings. The lowest BCUT2D eigenvalue weighted by Crippen LogP contribution is -2.40. The maximum atomic E-state index is 5.46. The molecule has 1 saturated heterocycles. The molecule has 1 unspecified atom stereocenters. The van der Waals surface area contributed by atoms with Crippen LogP contribution < -0.4 is 0 Å². The zero-order valence-corrected chi connectivity index (χ0v) is 7.86. The Labute approximate surface area is 77.9 Å². The molecular weight excluding hydrogens is 166 g/mol. The summed E-state index contributed by atoms with van der Waals surface area (Å²) >= 11 is 0. The molecular formula is C9H15N3O. The molecule has 1 aliphatic heterocycles. The molecule has 0 saturated carbocycles. The molecule has 0 bridgehead atoms. The van der Waals surface area contributed by atoms with Crippen LogP contribution in [0.2, 0.25) is 0 Å². The van der Waals surface area contributed by atoms with Crippen molar-refractivity contribution in [1.29, 1.82) is 0 Å². The molecule has 0 spiro atoms. The van der Waals surface area contributed by atoms with Crippen LogP contribution in [0, 0.1) is 0 Å². The molecule has 1 aliphatic rings. The first-order valence-corrected chi connectivity index (χ1v) is 4.66. The molecule has 1 aromatic heterocycles. The Morgan fingerprint density at radius 3 is 3.38 bits per heavy atom. The van der Waals surface area contributed by atoms with Crippen molar-refractivity contribution in [3.05, 3.63) is 18.2 Å². The molecule has 0 radical (unpaired) electrons. The lowest BCUT2D eigenvalue weighted by atomic mass is 10.3. The number of morpholine rings is 1. The van der Waals surface area contributed by atoms with Crippen LogP contribution in [0.15, 0.2) is 12.5 Å². The highest BCUT2D eigenvalue weighted by Gasteiger charge is 2.16. The van der Waals surface area contributed by atoms with Crippen molar-refractivity contribution in [2.24, 2.45) is 0 Å². The van der Waals surface area contributed by atoms with Crippen LogP contribution >= 0.6 is 0 Å². The molecule has 13 heavy (non-hydrogen) atoms. The number of hydrogen-bond acceptors (Lipinski definition) is 3. The summed E-state index contributed by atoms with van der Waals surface area (Å²) in [5, 5.41) is 0. The summed E-state index contributed by atoms with van der Waals surface area (Å²) in [5.74, 6) is 0. The van der Waals surface area contributed by atoms with Crippen LogP contribution in [-0.2, 0) is 11.3 Å². The van der Waals surface area contributed by atoms with E-state index >= 15 is 0 Å². The van der Waals surface area contributed by atoms with Crippen molar-refractivity contribution in [3.8, 4) is 0 Å². The van der Waals surface area contributed by atoms with E-state index in [0.717, 1.165) is 26.2 Å². The summed E-state index contributed by atoms with van der Waals surface area (Å²) in [6.45, 7) is 5.94. The Hall–Kier alpha value is -0.870. The number of aromatic nitrogens is 2. The predicted octanol–water partition coefficient (Wildman–Crippen LogP) is 0.630. The third-order valence-electron chi connectivity index (χ3n) is 2.27. The SMILES string of the molecule is CC1CN(Cc2cnc[nH]2)CCO1. The fourth-order valence-electron chi connectivity index (χ4n) is 1.65. The van der Waals surface area contributed by atoms with Crippen molar-refractivity contribution in [2.45, 2.75) is 19.6 Å². The Morgan fingerprint density at radius 1 is 1.77 bits per heavy atom. The lowest BCUT2D eigenvalue weighted by molar-refractivity contribution is -0.0215. The Kier molecular flexibility index (Phi) is 2.61. The van der Waals surface area contributed by atoms with Gasteiger partial charge in [-0.05, 0) is 6.92 Å². The van der Waals surface area contributed by atoms with Gasteiger partial charge in [-0.2, -0.15) is 0 Å². The summed E-state index contributed by atoms with van der Waals surface area (Å²) < 4.78 is 5.46. The molecule has 2 heterocycles. The highest BCUT2D eigenvalue weighted by atomic mass is 16.5. The van der Waals surface area contributed by atoms with Crippen LogP contribution in [-0.4, -0.2) is 40.7 Å². The van der Waals surface area contributed by atoms with Gasteiger partial charge in [0, 0.05) is 31.5 Å². The van der Waals surface area contributed by atoms with Gasteiger partial charge in [0.15, 0.2) is 0 Å². The van der Waals surface area contributed by atoms with Gasteiger partial charge in [-0.15, -0.1) is 0 Å². The zero-order valence-electron chi connectivity index (χ0n) is 7.86. The van der Waals surface area contributed by atoms with E-state index in [1.807, 2.05) is 6.20 Å². The van der Waals surface area contributed by atoms with E-state index in [0.29, 0.717) is 6.10 Å². The van der Waals surface area contributed by atoms with Gasteiger partial charge in [-0.1, -0.05) is 0 Å². The Morgan fingerprint density at radius 2 is 2.69 bits per heavy atom. The second-order valence-corrected chi connectivity index (χ2v) is 3.49. The molecule has 1 aromatic rings. The molecule has 0 amide bonds. The van der Waals surface area contributed by atoms with Gasteiger partial charge in [0.25, 0.3) is 0 Å². The summed E-state index contributed by atoms with van der Waals surface area (Å²) in [4.78, 5) is 9.48. The number of ether oxygens (including phenoxy) is 1. The topological polar surface area (TPSA) is 41.2 Å². The first-order valence-electron chi connectivity index (χ1n) is 4.66.